The maximum Gasteiger partial charge on any atom is 0.408 e. The van der Waals surface area contributed by atoms with Gasteiger partial charge in [0.05, 0.1) is 5.30 Å². The Morgan fingerprint density at radius 1 is 1.17 bits per heavy atom. The lowest BCUT2D eigenvalue weighted by Crippen LogP contribution is -2.17. The summed E-state index contributed by atoms with van der Waals surface area (Å²) < 4.78 is 17.4. The van der Waals surface area contributed by atoms with E-state index < -0.39 is 7.60 Å². The average molecular weight is 260 g/mol. The number of fused-ring (bicyclic) bond motifs is 3. The Balaban J connectivity index is 2.33. The molecule has 0 radical (unpaired) electrons. The third-order valence-electron chi connectivity index (χ3n) is 3.17. The van der Waals surface area contributed by atoms with Crippen LogP contribution in [0, 0.1) is 0 Å². The first-order valence-corrected chi connectivity index (χ1v) is 7.45. The van der Waals surface area contributed by atoms with E-state index in [-0.39, 0.29) is 0 Å². The van der Waals surface area contributed by atoms with Crippen LogP contribution in [0.3, 0.4) is 0 Å². The minimum atomic E-state index is -3.74. The normalized spacial score (nSPS) is 20.8. The molecule has 0 saturated carbocycles. The van der Waals surface area contributed by atoms with E-state index >= 15 is 0 Å². The molecule has 0 aromatic heterocycles. The van der Waals surface area contributed by atoms with Gasteiger partial charge in [-0.25, -0.2) is 4.57 Å². The van der Waals surface area contributed by atoms with E-state index in [9.17, 15) is 9.46 Å². The Bertz CT molecular complexity index is 664. The first-order valence-electron chi connectivity index (χ1n) is 5.87. The summed E-state index contributed by atoms with van der Waals surface area (Å²) in [5.74, 6) is 0.476. The minimum Gasteiger partial charge on any atom is -0.421 e. The van der Waals surface area contributed by atoms with Crippen molar-refractivity contribution >= 4 is 12.9 Å². The molecule has 0 spiro atoms. The summed E-state index contributed by atoms with van der Waals surface area (Å²) in [7, 11) is -3.74. The van der Waals surface area contributed by atoms with Gasteiger partial charge in [-0.1, -0.05) is 37.3 Å². The highest BCUT2D eigenvalue weighted by molar-refractivity contribution is 7.62. The first kappa shape index (κ1) is 11.5. The molecule has 0 fully saturated rings. The van der Waals surface area contributed by atoms with Crippen LogP contribution < -0.4 is 9.83 Å². The molecule has 0 bridgehead atoms. The Morgan fingerprint density at radius 2 is 1.94 bits per heavy atom. The molecule has 1 aliphatic heterocycles. The summed E-state index contributed by atoms with van der Waals surface area (Å²) in [5.41, 5.74) is 2.83. The average Bonchev–Trinajstić information content (AvgIpc) is 2.37. The number of rotatable bonds is 1. The van der Waals surface area contributed by atoms with Crippen LogP contribution >= 0.6 is 7.60 Å². The molecular weight excluding hydrogens is 247 g/mol. The lowest BCUT2D eigenvalue weighted by atomic mass is 10.0. The van der Waals surface area contributed by atoms with Crippen molar-refractivity contribution in [2.24, 2.45) is 0 Å². The highest BCUT2D eigenvalue weighted by Gasteiger charge is 2.34. The van der Waals surface area contributed by atoms with E-state index in [1.807, 2.05) is 24.3 Å². The quantitative estimate of drug-likeness (QED) is 0.801. The maximum atomic E-state index is 12.2. The third-order valence-corrected chi connectivity index (χ3v) is 4.62. The van der Waals surface area contributed by atoms with E-state index in [4.69, 9.17) is 4.52 Å². The van der Waals surface area contributed by atoms with Crippen molar-refractivity contribution in [3.63, 3.8) is 0 Å². The van der Waals surface area contributed by atoms with Gasteiger partial charge < -0.3 is 9.42 Å². The lowest BCUT2D eigenvalue weighted by Gasteiger charge is -2.24. The molecule has 0 saturated heterocycles. The fourth-order valence-electron chi connectivity index (χ4n) is 2.22. The van der Waals surface area contributed by atoms with Gasteiger partial charge in [0.25, 0.3) is 0 Å². The number of para-hydroxylation sites is 1. The van der Waals surface area contributed by atoms with E-state index in [1.165, 1.54) is 0 Å². The summed E-state index contributed by atoms with van der Waals surface area (Å²) in [5, 5.41) is 0.387. The zero-order valence-electron chi connectivity index (χ0n) is 9.96. The molecule has 1 heterocycles. The van der Waals surface area contributed by atoms with Crippen LogP contribution in [0.25, 0.3) is 11.1 Å². The molecule has 0 amide bonds. The van der Waals surface area contributed by atoms with Crippen molar-refractivity contribution in [3.05, 3.63) is 48.0 Å². The van der Waals surface area contributed by atoms with Crippen molar-refractivity contribution in [1.29, 1.82) is 0 Å². The molecule has 3 nitrogen and oxygen atoms in total. The van der Waals surface area contributed by atoms with E-state index in [0.717, 1.165) is 23.1 Å². The van der Waals surface area contributed by atoms with Crippen LogP contribution in [-0.2, 0) is 11.0 Å². The predicted molar refractivity (Wildman–Crippen MR) is 71.3 cm³/mol. The molecule has 92 valence electrons. The standard InChI is InChI=1S/C14H13O3P/c1-2-10-7-8-14-12(9-10)11-5-3-4-6-13(11)17-18(14,15)16/h3-9H,2H2,1H3,(H,15,16). The van der Waals surface area contributed by atoms with E-state index in [2.05, 4.69) is 6.92 Å². The van der Waals surface area contributed by atoms with Crippen LogP contribution in [0.15, 0.2) is 42.5 Å². The molecular formula is C14H13O3P. The fourth-order valence-corrected chi connectivity index (χ4v) is 3.49. The smallest absolute Gasteiger partial charge is 0.408 e. The van der Waals surface area contributed by atoms with Crippen LogP contribution in [0.2, 0.25) is 0 Å². The van der Waals surface area contributed by atoms with Gasteiger partial charge in [-0.05, 0) is 24.1 Å². The Kier molecular flexibility index (Phi) is 2.54. The fraction of sp³-hybridized carbons (Fsp3) is 0.143. The molecule has 1 aliphatic rings. The van der Waals surface area contributed by atoms with E-state index in [1.54, 1.807) is 18.2 Å². The van der Waals surface area contributed by atoms with E-state index in [0.29, 0.717) is 11.1 Å². The van der Waals surface area contributed by atoms with Crippen molar-refractivity contribution in [2.75, 3.05) is 0 Å². The van der Waals surface area contributed by atoms with Gasteiger partial charge in [0.2, 0.25) is 0 Å². The van der Waals surface area contributed by atoms with Crippen molar-refractivity contribution in [1.82, 2.24) is 0 Å². The Labute approximate surface area is 106 Å². The van der Waals surface area contributed by atoms with Crippen LogP contribution in [0.5, 0.6) is 5.75 Å². The van der Waals surface area contributed by atoms with Crippen molar-refractivity contribution in [2.45, 2.75) is 13.3 Å². The van der Waals surface area contributed by atoms with Crippen LogP contribution in [0.4, 0.5) is 0 Å². The van der Waals surface area contributed by atoms with Gasteiger partial charge >= 0.3 is 7.60 Å². The van der Waals surface area contributed by atoms with Crippen LogP contribution in [-0.4, -0.2) is 4.89 Å². The number of hydrogen-bond donors (Lipinski definition) is 1. The van der Waals surface area contributed by atoms with Crippen molar-refractivity contribution < 1.29 is 14.0 Å². The van der Waals surface area contributed by atoms with Crippen molar-refractivity contribution in [3.8, 4) is 16.9 Å². The monoisotopic (exact) mass is 260 g/mol. The molecule has 1 atom stereocenters. The van der Waals surface area contributed by atoms with Gasteiger partial charge in [0.1, 0.15) is 5.75 Å². The zero-order valence-corrected chi connectivity index (χ0v) is 10.9. The lowest BCUT2D eigenvalue weighted by molar-refractivity contribution is 0.392. The zero-order chi connectivity index (χ0) is 12.8. The summed E-state index contributed by atoms with van der Waals surface area (Å²) >= 11 is 0. The van der Waals surface area contributed by atoms with Gasteiger partial charge in [-0.2, -0.15) is 0 Å². The summed E-state index contributed by atoms with van der Waals surface area (Å²) in [6.45, 7) is 2.06. The largest absolute Gasteiger partial charge is 0.421 e. The summed E-state index contributed by atoms with van der Waals surface area (Å²) in [4.78, 5) is 9.97. The molecule has 4 heteroatoms. The molecule has 0 aliphatic carbocycles. The van der Waals surface area contributed by atoms with Gasteiger partial charge in [-0.15, -0.1) is 0 Å². The number of hydrogen-bond acceptors (Lipinski definition) is 2. The first-order chi connectivity index (χ1) is 8.62. The van der Waals surface area contributed by atoms with Gasteiger partial charge in [0.15, 0.2) is 0 Å². The second-order valence-corrected chi connectivity index (χ2v) is 6.02. The minimum absolute atomic E-state index is 0.387. The maximum absolute atomic E-state index is 12.2. The summed E-state index contributed by atoms with van der Waals surface area (Å²) in [6, 6.07) is 12.9. The highest BCUT2D eigenvalue weighted by Crippen LogP contribution is 2.51. The molecule has 1 unspecified atom stereocenters. The molecule has 18 heavy (non-hydrogen) atoms. The summed E-state index contributed by atoms with van der Waals surface area (Å²) in [6.07, 6.45) is 0.895. The van der Waals surface area contributed by atoms with Gasteiger partial charge in [-0.3, -0.25) is 0 Å². The SMILES string of the molecule is CCc1ccc2c(c1)-c1ccccc1OP2(=O)O. The predicted octanol–water partition coefficient (Wildman–Crippen LogP) is 3.12. The van der Waals surface area contributed by atoms with Crippen LogP contribution in [0.1, 0.15) is 12.5 Å². The Morgan fingerprint density at radius 3 is 2.72 bits per heavy atom. The highest BCUT2D eigenvalue weighted by atomic mass is 31.2. The second kappa shape index (κ2) is 3.98. The Hall–Kier alpha value is -1.57. The molecule has 2 aromatic carbocycles. The molecule has 3 rings (SSSR count). The third kappa shape index (κ3) is 1.67. The molecule has 2 aromatic rings. The molecule has 1 N–H and O–H groups in total. The topological polar surface area (TPSA) is 46.5 Å². The van der Waals surface area contributed by atoms with Gasteiger partial charge in [0, 0.05) is 11.1 Å². The second-order valence-electron chi connectivity index (χ2n) is 4.31. The number of aryl methyl sites for hydroxylation is 1. The number of benzene rings is 2.